The van der Waals surface area contributed by atoms with Crippen molar-refractivity contribution in [2.75, 3.05) is 0 Å². The maximum absolute atomic E-state index is 10.3. The summed E-state index contributed by atoms with van der Waals surface area (Å²) in [7, 11) is 0. The lowest BCUT2D eigenvalue weighted by Crippen LogP contribution is -2.19. The average Bonchev–Trinajstić information content (AvgIpc) is 2.37. The van der Waals surface area contributed by atoms with Gasteiger partial charge in [-0.05, 0) is 62.7 Å². The molecule has 0 amide bonds. The molecule has 21 heavy (non-hydrogen) atoms. The highest BCUT2D eigenvalue weighted by atomic mass is 16.2. The molecule has 0 N–H and O–H groups in total. The maximum atomic E-state index is 10.3. The van der Waals surface area contributed by atoms with E-state index >= 15 is 0 Å². The van der Waals surface area contributed by atoms with Gasteiger partial charge in [-0.15, -0.1) is 0 Å². The van der Waals surface area contributed by atoms with Crippen LogP contribution in [0.3, 0.4) is 0 Å². The molecule has 0 fully saturated rings. The molecule has 0 aromatic heterocycles. The highest BCUT2D eigenvalue weighted by Crippen LogP contribution is 2.40. The molecule has 0 unspecified atom stereocenters. The Bertz CT molecular complexity index is 522. The monoisotopic (exact) mass is 286 g/mol. The van der Waals surface area contributed by atoms with E-state index in [1.807, 2.05) is 19.1 Å². The van der Waals surface area contributed by atoms with Gasteiger partial charge in [0, 0.05) is 0 Å². The van der Waals surface area contributed by atoms with Gasteiger partial charge >= 0.3 is 0 Å². The van der Waals surface area contributed by atoms with Gasteiger partial charge in [0.1, 0.15) is 6.29 Å². The molecule has 1 aliphatic carbocycles. The quantitative estimate of drug-likeness (QED) is 0.273. The summed E-state index contributed by atoms with van der Waals surface area (Å²) in [5.74, 6) is 0. The van der Waals surface area contributed by atoms with E-state index in [0.29, 0.717) is 0 Å². The lowest BCUT2D eigenvalue weighted by atomic mass is 9.72. The van der Waals surface area contributed by atoms with E-state index in [1.54, 1.807) is 6.08 Å². The molecule has 0 bridgehead atoms. The minimum Gasteiger partial charge on any atom is -0.299 e. The van der Waals surface area contributed by atoms with Crippen molar-refractivity contribution >= 4 is 6.29 Å². The van der Waals surface area contributed by atoms with Crippen molar-refractivity contribution < 1.29 is 4.79 Å². The molecule has 1 rings (SSSR count). The number of allylic oxidation sites excluding steroid dienone is 10. The first-order chi connectivity index (χ1) is 9.86. The molecule has 0 saturated carbocycles. The first-order valence-electron chi connectivity index (χ1n) is 7.72. The standard InChI is InChI=1S/C20H28O/c1-16(8-6-9-17(2)13-15-21)11-12-19-18(3)10-7-14-20(19,4)5/h6,8-9,11-13,15H,7,10,14H2,1-5H3/b9-6-,12-11+,16-8+,17-13-/i13+1,15+1. The second kappa shape index (κ2) is 7.97. The van der Waals surface area contributed by atoms with Crippen molar-refractivity contribution in [3.63, 3.8) is 0 Å². The van der Waals surface area contributed by atoms with E-state index < -0.39 is 0 Å². The summed E-state index contributed by atoms with van der Waals surface area (Å²) in [4.78, 5) is 10.3. The molecule has 1 nitrogen and oxygen atoms in total. The molecule has 0 atom stereocenters. The molecule has 114 valence electrons. The molecule has 0 aliphatic heterocycles. The number of rotatable bonds is 5. The van der Waals surface area contributed by atoms with Gasteiger partial charge in [0.05, 0.1) is 0 Å². The third-order valence-electron chi connectivity index (χ3n) is 4.10. The molecule has 1 heteroatoms. The van der Waals surface area contributed by atoms with Crippen molar-refractivity contribution in [3.05, 3.63) is 58.7 Å². The predicted octanol–water partition coefficient (Wildman–Crippen LogP) is 5.72. The number of aldehydes is 1. The largest absolute Gasteiger partial charge is 0.299 e. The topological polar surface area (TPSA) is 17.1 Å². The Labute approximate surface area is 129 Å². The van der Waals surface area contributed by atoms with Gasteiger partial charge in [-0.2, -0.15) is 0 Å². The van der Waals surface area contributed by atoms with Crippen LogP contribution in [0.5, 0.6) is 0 Å². The fourth-order valence-electron chi connectivity index (χ4n) is 2.80. The van der Waals surface area contributed by atoms with E-state index in [1.165, 1.54) is 36.0 Å². The first-order valence-corrected chi connectivity index (χ1v) is 7.72. The van der Waals surface area contributed by atoms with Crippen LogP contribution in [0.2, 0.25) is 0 Å². The second-order valence-electron chi connectivity index (χ2n) is 6.58. The van der Waals surface area contributed by atoms with Gasteiger partial charge in [-0.25, -0.2) is 0 Å². The minimum absolute atomic E-state index is 0.290. The number of hydrogen-bond donors (Lipinski definition) is 0. The first kappa shape index (κ1) is 17.4. The third-order valence-corrected chi connectivity index (χ3v) is 4.10. The lowest BCUT2D eigenvalue weighted by Gasteiger charge is -2.32. The van der Waals surface area contributed by atoms with Crippen LogP contribution in [0.1, 0.15) is 53.9 Å². The summed E-state index contributed by atoms with van der Waals surface area (Å²) in [5, 5.41) is 0. The normalized spacial score (nSPS) is 20.6. The highest BCUT2D eigenvalue weighted by Gasteiger charge is 2.26. The van der Waals surface area contributed by atoms with Crippen LogP contribution in [0.15, 0.2) is 58.7 Å². The second-order valence-corrected chi connectivity index (χ2v) is 6.58. The van der Waals surface area contributed by atoms with Gasteiger partial charge in [0.25, 0.3) is 0 Å². The molecule has 0 aromatic carbocycles. The summed E-state index contributed by atoms with van der Waals surface area (Å²) in [6, 6.07) is 0. The Morgan fingerprint density at radius 3 is 2.38 bits per heavy atom. The van der Waals surface area contributed by atoms with E-state index in [-0.39, 0.29) is 5.41 Å². The van der Waals surface area contributed by atoms with Crippen LogP contribution in [0, 0.1) is 5.41 Å². The van der Waals surface area contributed by atoms with Crippen LogP contribution in [-0.2, 0) is 4.79 Å². The predicted molar refractivity (Wildman–Crippen MR) is 92.2 cm³/mol. The Kier molecular flexibility index (Phi) is 6.61. The smallest absolute Gasteiger partial charge is 0.143 e. The zero-order chi connectivity index (χ0) is 15.9. The van der Waals surface area contributed by atoms with E-state index in [2.05, 4.69) is 45.9 Å². The number of carbonyl (C=O) groups excluding carboxylic acids is 1. The van der Waals surface area contributed by atoms with Crippen molar-refractivity contribution in [3.8, 4) is 0 Å². The molecular weight excluding hydrogens is 258 g/mol. The molecular formula is C20H28O. The summed E-state index contributed by atoms with van der Waals surface area (Å²) < 4.78 is 0. The molecule has 0 aromatic rings. The SMILES string of the molecule is CC1=C(/C=C/C(C)=C/C=C\C(C)=[13CH]/[13CH]=O)C(C)(C)CCC1. The van der Waals surface area contributed by atoms with Crippen LogP contribution < -0.4 is 0 Å². The third kappa shape index (κ3) is 5.71. The number of hydrogen-bond acceptors (Lipinski definition) is 1. The summed E-state index contributed by atoms with van der Waals surface area (Å²) in [6.07, 6.45) is 16.6. The van der Waals surface area contributed by atoms with Crippen LogP contribution in [-0.4, -0.2) is 6.29 Å². The zero-order valence-corrected chi connectivity index (χ0v) is 14.1. The van der Waals surface area contributed by atoms with Gasteiger partial charge in [-0.1, -0.05) is 55.4 Å². The Morgan fingerprint density at radius 2 is 1.76 bits per heavy atom. The number of carbonyl (C=O) groups is 1. The van der Waals surface area contributed by atoms with Crippen LogP contribution in [0.25, 0.3) is 0 Å². The van der Waals surface area contributed by atoms with Crippen molar-refractivity contribution in [2.45, 2.75) is 53.9 Å². The molecule has 0 radical (unpaired) electrons. The Morgan fingerprint density at radius 1 is 1.10 bits per heavy atom. The van der Waals surface area contributed by atoms with Crippen molar-refractivity contribution in [2.24, 2.45) is 5.41 Å². The zero-order valence-electron chi connectivity index (χ0n) is 14.1. The highest BCUT2D eigenvalue weighted by molar-refractivity contribution is 5.66. The maximum Gasteiger partial charge on any atom is 0.143 e. The minimum atomic E-state index is 0.290. The summed E-state index contributed by atoms with van der Waals surface area (Å²) in [6.45, 7) is 10.9. The van der Waals surface area contributed by atoms with Gasteiger partial charge in [-0.3, -0.25) is 4.79 Å². The van der Waals surface area contributed by atoms with E-state index in [9.17, 15) is 4.79 Å². The van der Waals surface area contributed by atoms with E-state index in [0.717, 1.165) is 11.9 Å². The average molecular weight is 286 g/mol. The molecule has 0 spiro atoms. The lowest BCUT2D eigenvalue weighted by molar-refractivity contribution is -0.104. The molecule has 0 saturated heterocycles. The van der Waals surface area contributed by atoms with E-state index in [4.69, 9.17) is 0 Å². The Hall–Kier alpha value is -1.63. The summed E-state index contributed by atoms with van der Waals surface area (Å²) in [5.41, 5.74) is 5.48. The van der Waals surface area contributed by atoms with Crippen molar-refractivity contribution in [1.29, 1.82) is 0 Å². The van der Waals surface area contributed by atoms with Gasteiger partial charge in [0.2, 0.25) is 0 Å². The Balaban J connectivity index is 2.80. The van der Waals surface area contributed by atoms with Crippen molar-refractivity contribution in [1.82, 2.24) is 0 Å². The van der Waals surface area contributed by atoms with Gasteiger partial charge in [0.15, 0.2) is 0 Å². The fraction of sp³-hybridized carbons (Fsp3) is 0.450. The fourth-order valence-corrected chi connectivity index (χ4v) is 2.80. The van der Waals surface area contributed by atoms with Crippen LogP contribution in [0.4, 0.5) is 0 Å². The molecule has 1 aliphatic rings. The molecule has 0 heterocycles. The van der Waals surface area contributed by atoms with Crippen LogP contribution >= 0.6 is 0 Å². The van der Waals surface area contributed by atoms with Gasteiger partial charge < -0.3 is 0 Å². The summed E-state index contributed by atoms with van der Waals surface area (Å²) >= 11 is 0.